The van der Waals surface area contributed by atoms with Crippen LogP contribution in [0.2, 0.25) is 0 Å². The first kappa shape index (κ1) is 13.7. The zero-order valence-corrected chi connectivity index (χ0v) is 11.4. The van der Waals surface area contributed by atoms with E-state index < -0.39 is 18.0 Å². The van der Waals surface area contributed by atoms with Crippen molar-refractivity contribution in [3.05, 3.63) is 29.8 Å². The molecule has 102 valence electrons. The molecule has 1 aromatic carbocycles. The Kier molecular flexibility index (Phi) is 4.31. The molecule has 0 radical (unpaired) electrons. The Morgan fingerprint density at radius 2 is 2.21 bits per heavy atom. The molecule has 1 aromatic rings. The molecule has 2 atom stereocenters. The first-order valence-corrected chi connectivity index (χ1v) is 7.05. The van der Waals surface area contributed by atoms with Gasteiger partial charge in [0.05, 0.1) is 0 Å². The molecule has 2 unspecified atom stereocenters. The number of nitrogens with one attached hydrogen (secondary N) is 2. The molecular formula is C13H16N2O3S. The van der Waals surface area contributed by atoms with Crippen LogP contribution in [-0.4, -0.2) is 35.4 Å². The SMILES string of the molecule is CC(NC(=O)NCC1CSc2ccccc21)C(=O)O. The predicted octanol–water partition coefficient (Wildman–Crippen LogP) is 1.65. The van der Waals surface area contributed by atoms with Crippen molar-refractivity contribution in [2.45, 2.75) is 23.8 Å². The lowest BCUT2D eigenvalue weighted by molar-refractivity contribution is -0.138. The lowest BCUT2D eigenvalue weighted by atomic mass is 10.0. The number of thioether (sulfide) groups is 1. The first-order chi connectivity index (χ1) is 9.08. The summed E-state index contributed by atoms with van der Waals surface area (Å²) >= 11 is 1.78. The summed E-state index contributed by atoms with van der Waals surface area (Å²) in [6.45, 7) is 1.95. The number of urea groups is 1. The number of benzene rings is 1. The van der Waals surface area contributed by atoms with E-state index >= 15 is 0 Å². The molecule has 0 spiro atoms. The predicted molar refractivity (Wildman–Crippen MR) is 73.5 cm³/mol. The average molecular weight is 280 g/mol. The number of carboxylic acids is 1. The summed E-state index contributed by atoms with van der Waals surface area (Å²) in [5.74, 6) is 0.178. The van der Waals surface area contributed by atoms with Gasteiger partial charge in [-0.2, -0.15) is 0 Å². The number of amides is 2. The molecule has 0 saturated carbocycles. The fraction of sp³-hybridized carbons (Fsp3) is 0.385. The maximum Gasteiger partial charge on any atom is 0.325 e. The summed E-state index contributed by atoms with van der Waals surface area (Å²) in [6, 6.07) is 6.81. The van der Waals surface area contributed by atoms with Crippen molar-refractivity contribution >= 4 is 23.8 Å². The summed E-state index contributed by atoms with van der Waals surface area (Å²) < 4.78 is 0. The van der Waals surface area contributed by atoms with Crippen molar-refractivity contribution in [2.75, 3.05) is 12.3 Å². The third-order valence-electron chi connectivity index (χ3n) is 3.03. The van der Waals surface area contributed by atoms with E-state index in [4.69, 9.17) is 5.11 Å². The molecule has 0 saturated heterocycles. The number of hydrogen-bond donors (Lipinski definition) is 3. The molecular weight excluding hydrogens is 264 g/mol. The van der Waals surface area contributed by atoms with Gasteiger partial charge in [0.15, 0.2) is 0 Å². The van der Waals surface area contributed by atoms with Crippen molar-refractivity contribution in [2.24, 2.45) is 0 Å². The second-order valence-electron chi connectivity index (χ2n) is 4.46. The van der Waals surface area contributed by atoms with Gasteiger partial charge in [0.1, 0.15) is 6.04 Å². The number of fused-ring (bicyclic) bond motifs is 1. The Morgan fingerprint density at radius 3 is 2.95 bits per heavy atom. The van der Waals surface area contributed by atoms with Crippen LogP contribution in [-0.2, 0) is 4.79 Å². The van der Waals surface area contributed by atoms with Crippen molar-refractivity contribution in [1.29, 1.82) is 0 Å². The van der Waals surface area contributed by atoms with Crippen molar-refractivity contribution in [3.8, 4) is 0 Å². The van der Waals surface area contributed by atoms with Crippen LogP contribution in [0.5, 0.6) is 0 Å². The van der Waals surface area contributed by atoms with Crippen molar-refractivity contribution < 1.29 is 14.7 Å². The highest BCUT2D eigenvalue weighted by molar-refractivity contribution is 7.99. The second kappa shape index (κ2) is 5.97. The molecule has 6 heteroatoms. The van der Waals surface area contributed by atoms with Gasteiger partial charge >= 0.3 is 12.0 Å². The topological polar surface area (TPSA) is 78.4 Å². The van der Waals surface area contributed by atoms with Crippen LogP contribution in [0.25, 0.3) is 0 Å². The molecule has 0 aliphatic carbocycles. The van der Waals surface area contributed by atoms with Crippen LogP contribution >= 0.6 is 11.8 Å². The van der Waals surface area contributed by atoms with Gasteiger partial charge in [0.25, 0.3) is 0 Å². The number of rotatable bonds is 4. The largest absolute Gasteiger partial charge is 0.480 e. The minimum Gasteiger partial charge on any atom is -0.480 e. The third-order valence-corrected chi connectivity index (χ3v) is 4.28. The molecule has 2 rings (SSSR count). The van der Waals surface area contributed by atoms with Gasteiger partial charge in [-0.1, -0.05) is 18.2 Å². The van der Waals surface area contributed by atoms with E-state index in [1.165, 1.54) is 17.4 Å². The molecule has 1 heterocycles. The average Bonchev–Trinajstić information content (AvgIpc) is 2.79. The lowest BCUT2D eigenvalue weighted by Gasteiger charge is -2.14. The van der Waals surface area contributed by atoms with Crippen molar-refractivity contribution in [1.82, 2.24) is 10.6 Å². The minimum atomic E-state index is -1.04. The van der Waals surface area contributed by atoms with Crippen LogP contribution in [0, 0.1) is 0 Å². The van der Waals surface area contributed by atoms with Crippen LogP contribution in [0.4, 0.5) is 4.79 Å². The van der Waals surface area contributed by atoms with Crippen molar-refractivity contribution in [3.63, 3.8) is 0 Å². The number of carboxylic acid groups (broad SMARTS) is 1. The highest BCUT2D eigenvalue weighted by Gasteiger charge is 2.23. The van der Waals surface area contributed by atoms with E-state index in [1.807, 2.05) is 12.1 Å². The Balaban J connectivity index is 1.84. The van der Waals surface area contributed by atoms with Gasteiger partial charge in [-0.25, -0.2) is 4.79 Å². The summed E-state index contributed by atoms with van der Waals surface area (Å²) in [7, 11) is 0. The molecule has 2 amide bonds. The standard InChI is InChI=1S/C13H16N2O3S/c1-8(12(16)17)15-13(18)14-6-9-7-19-11-5-3-2-4-10(9)11/h2-5,8-9H,6-7H2,1H3,(H,16,17)(H2,14,15,18). The van der Waals surface area contributed by atoms with E-state index in [2.05, 4.69) is 22.8 Å². The molecule has 1 aliphatic heterocycles. The molecule has 3 N–H and O–H groups in total. The maximum atomic E-state index is 11.5. The quantitative estimate of drug-likeness (QED) is 0.783. The van der Waals surface area contributed by atoms with E-state index in [-0.39, 0.29) is 5.92 Å². The van der Waals surface area contributed by atoms with Gasteiger partial charge in [-0.15, -0.1) is 11.8 Å². The van der Waals surface area contributed by atoms with E-state index in [9.17, 15) is 9.59 Å². The second-order valence-corrected chi connectivity index (χ2v) is 5.52. The van der Waals surface area contributed by atoms with E-state index in [0.29, 0.717) is 6.54 Å². The molecule has 5 nitrogen and oxygen atoms in total. The highest BCUT2D eigenvalue weighted by atomic mass is 32.2. The fourth-order valence-corrected chi connectivity index (χ4v) is 3.18. The van der Waals surface area contributed by atoms with Crippen LogP contribution in [0.3, 0.4) is 0 Å². The molecule has 19 heavy (non-hydrogen) atoms. The number of hydrogen-bond acceptors (Lipinski definition) is 3. The lowest BCUT2D eigenvalue weighted by Crippen LogP contribution is -2.45. The zero-order chi connectivity index (χ0) is 13.8. The summed E-state index contributed by atoms with van der Waals surface area (Å²) in [5, 5.41) is 13.8. The van der Waals surface area contributed by atoms with E-state index in [0.717, 1.165) is 5.75 Å². The van der Waals surface area contributed by atoms with E-state index in [1.54, 1.807) is 11.8 Å². The summed E-state index contributed by atoms with van der Waals surface area (Å²) in [6.07, 6.45) is 0. The van der Waals surface area contributed by atoms with Crippen LogP contribution < -0.4 is 10.6 Å². The Labute approximate surface area is 115 Å². The highest BCUT2D eigenvalue weighted by Crippen LogP contribution is 2.38. The van der Waals surface area contributed by atoms with Gasteiger partial charge in [-0.3, -0.25) is 4.79 Å². The van der Waals surface area contributed by atoms with Gasteiger partial charge in [0.2, 0.25) is 0 Å². The fourth-order valence-electron chi connectivity index (χ4n) is 1.92. The van der Waals surface area contributed by atoms with Crippen LogP contribution in [0.1, 0.15) is 18.4 Å². The molecule has 0 aromatic heterocycles. The van der Waals surface area contributed by atoms with Crippen LogP contribution in [0.15, 0.2) is 29.2 Å². The van der Waals surface area contributed by atoms with Gasteiger partial charge < -0.3 is 15.7 Å². The van der Waals surface area contributed by atoms with Gasteiger partial charge in [0, 0.05) is 23.1 Å². The Hall–Kier alpha value is -1.69. The zero-order valence-electron chi connectivity index (χ0n) is 10.6. The number of aliphatic carboxylic acids is 1. The van der Waals surface area contributed by atoms with Gasteiger partial charge in [-0.05, 0) is 18.6 Å². The summed E-state index contributed by atoms with van der Waals surface area (Å²) in [4.78, 5) is 23.4. The number of carbonyl (C=O) groups excluding carboxylic acids is 1. The third kappa shape index (κ3) is 3.41. The Bertz CT molecular complexity index is 493. The number of carbonyl (C=O) groups is 2. The Morgan fingerprint density at radius 1 is 1.47 bits per heavy atom. The normalized spacial score (nSPS) is 18.5. The molecule has 1 aliphatic rings. The monoisotopic (exact) mass is 280 g/mol. The molecule has 0 fully saturated rings. The first-order valence-electron chi connectivity index (χ1n) is 6.07. The summed E-state index contributed by atoms with van der Waals surface area (Å²) in [5.41, 5.74) is 1.25. The maximum absolute atomic E-state index is 11.5. The molecule has 0 bridgehead atoms. The smallest absolute Gasteiger partial charge is 0.325 e. The minimum absolute atomic E-state index is 0.284.